The molecule has 0 aliphatic rings. The minimum Gasteiger partial charge on any atom is -0.497 e. The molecule has 186 valence electrons. The molecule has 0 bridgehead atoms. The van der Waals surface area contributed by atoms with Crippen molar-refractivity contribution in [2.45, 2.75) is 52.3 Å². The Bertz CT molecular complexity index is 1060. The van der Waals surface area contributed by atoms with Crippen molar-refractivity contribution in [1.82, 2.24) is 10.2 Å². The van der Waals surface area contributed by atoms with Gasteiger partial charge in [0.1, 0.15) is 23.9 Å². The highest BCUT2D eigenvalue weighted by Crippen LogP contribution is 2.26. The highest BCUT2D eigenvalue weighted by molar-refractivity contribution is 5.98. The van der Waals surface area contributed by atoms with E-state index < -0.39 is 29.6 Å². The number of hydrogen-bond donors (Lipinski definition) is 2. The first-order valence-electron chi connectivity index (χ1n) is 11.2. The first-order valence-corrected chi connectivity index (χ1v) is 11.2. The molecule has 3 amide bonds. The number of carbonyl (C=O) groups is 3. The van der Waals surface area contributed by atoms with Crippen LogP contribution in [-0.4, -0.2) is 48.1 Å². The zero-order chi connectivity index (χ0) is 26.2. The van der Waals surface area contributed by atoms with Crippen molar-refractivity contribution in [3.05, 3.63) is 59.7 Å². The molecule has 8 nitrogen and oxygen atoms in total. The Labute approximate surface area is 207 Å². The zero-order valence-electron chi connectivity index (χ0n) is 21.0. The summed E-state index contributed by atoms with van der Waals surface area (Å²) in [4.78, 5) is 40.3. The van der Waals surface area contributed by atoms with Crippen LogP contribution >= 0.6 is 0 Å². The van der Waals surface area contributed by atoms with Gasteiger partial charge in [-0.15, -0.1) is 6.42 Å². The van der Waals surface area contributed by atoms with Crippen LogP contribution in [0.15, 0.2) is 48.5 Å². The Balaban J connectivity index is 2.34. The van der Waals surface area contributed by atoms with Crippen LogP contribution in [-0.2, 0) is 14.3 Å². The van der Waals surface area contributed by atoms with Gasteiger partial charge in [-0.3, -0.25) is 9.59 Å². The molecule has 1 atom stereocenters. The second-order valence-corrected chi connectivity index (χ2v) is 9.14. The van der Waals surface area contributed by atoms with E-state index >= 15 is 0 Å². The van der Waals surface area contributed by atoms with Crippen molar-refractivity contribution < 1.29 is 23.9 Å². The molecule has 0 aromatic heterocycles. The summed E-state index contributed by atoms with van der Waals surface area (Å²) in [6.07, 6.45) is 4.76. The Kier molecular flexibility index (Phi) is 9.29. The molecule has 2 aromatic rings. The molecular weight excluding hydrogens is 446 g/mol. The van der Waals surface area contributed by atoms with Crippen LogP contribution in [0.25, 0.3) is 0 Å². The number of methoxy groups -OCH3 is 1. The van der Waals surface area contributed by atoms with Crippen LogP contribution in [0, 0.1) is 12.3 Å². The van der Waals surface area contributed by atoms with Crippen LogP contribution in [0.5, 0.6) is 5.75 Å². The second kappa shape index (κ2) is 11.9. The molecule has 0 heterocycles. The fourth-order valence-corrected chi connectivity index (χ4v) is 3.37. The number of nitrogens with zero attached hydrogens (tertiary/aromatic N) is 1. The highest BCUT2D eigenvalue weighted by Gasteiger charge is 2.33. The topological polar surface area (TPSA) is 97.0 Å². The molecule has 2 aromatic carbocycles. The number of ether oxygens (including phenoxy) is 2. The molecule has 1 unspecified atom stereocenters. The van der Waals surface area contributed by atoms with Gasteiger partial charge in [-0.05, 0) is 76.6 Å². The van der Waals surface area contributed by atoms with Crippen molar-refractivity contribution in [2.75, 3.05) is 19.0 Å². The Morgan fingerprint density at radius 1 is 1.03 bits per heavy atom. The number of terminal acetylenes is 1. The number of nitrogens with one attached hydrogen (secondary N) is 2. The number of benzene rings is 2. The predicted octanol–water partition coefficient (Wildman–Crippen LogP) is 4.12. The van der Waals surface area contributed by atoms with Crippen molar-refractivity contribution in [3.63, 3.8) is 0 Å². The summed E-state index contributed by atoms with van der Waals surface area (Å²) in [6.45, 7) is 8.46. The average Bonchev–Trinajstić information content (AvgIpc) is 2.80. The number of anilines is 1. The molecule has 0 radical (unpaired) electrons. The van der Waals surface area contributed by atoms with Gasteiger partial charge in [-0.2, -0.15) is 0 Å². The number of rotatable bonds is 8. The summed E-state index contributed by atoms with van der Waals surface area (Å²) in [5.41, 5.74) is 1.07. The van der Waals surface area contributed by atoms with E-state index in [0.717, 1.165) is 0 Å². The van der Waals surface area contributed by atoms with E-state index in [0.29, 0.717) is 22.6 Å². The van der Waals surface area contributed by atoms with Crippen molar-refractivity contribution >= 4 is 23.6 Å². The van der Waals surface area contributed by atoms with Gasteiger partial charge < -0.3 is 25.0 Å². The first-order chi connectivity index (χ1) is 16.4. The number of alkyl carbamates (subject to hydrolysis) is 1. The lowest BCUT2D eigenvalue weighted by Crippen LogP contribution is -2.49. The molecular formula is C27H33N3O5. The Morgan fingerprint density at radius 2 is 1.63 bits per heavy atom. The summed E-state index contributed by atoms with van der Waals surface area (Å²) < 4.78 is 10.4. The van der Waals surface area contributed by atoms with Crippen LogP contribution < -0.4 is 15.4 Å². The maximum Gasteiger partial charge on any atom is 0.408 e. The molecule has 2 N–H and O–H groups in total. The standard InChI is InChI=1S/C27H33N3O5/c1-8-19-9-11-20(12-10-19)24(25(32)29-21-13-15-22(34-7)16-14-21)30(18(2)3)23(31)17-28-26(33)35-27(4,5)6/h1,9-16,18,24H,17H2,2-7H3,(H,28,33)(H,29,32). The monoisotopic (exact) mass is 479 g/mol. The number of carbonyl (C=O) groups excluding carboxylic acids is 3. The van der Waals surface area contributed by atoms with Crippen LogP contribution in [0.3, 0.4) is 0 Å². The highest BCUT2D eigenvalue weighted by atomic mass is 16.6. The molecule has 8 heteroatoms. The lowest BCUT2D eigenvalue weighted by Gasteiger charge is -2.34. The largest absolute Gasteiger partial charge is 0.497 e. The van der Waals surface area contributed by atoms with E-state index in [-0.39, 0.29) is 12.6 Å². The predicted molar refractivity (Wildman–Crippen MR) is 135 cm³/mol. The van der Waals surface area contributed by atoms with Gasteiger partial charge in [0.2, 0.25) is 5.91 Å². The van der Waals surface area contributed by atoms with E-state index in [1.165, 1.54) is 4.90 Å². The molecule has 2 rings (SSSR count). The molecule has 35 heavy (non-hydrogen) atoms. The lowest BCUT2D eigenvalue weighted by atomic mass is 10.0. The fraction of sp³-hybridized carbons (Fsp3) is 0.370. The Hall–Kier alpha value is -3.99. The van der Waals surface area contributed by atoms with Gasteiger partial charge in [-0.1, -0.05) is 18.1 Å². The normalized spacial score (nSPS) is 11.7. The summed E-state index contributed by atoms with van der Waals surface area (Å²) in [7, 11) is 1.56. The van der Waals surface area contributed by atoms with Gasteiger partial charge in [0.05, 0.1) is 7.11 Å². The van der Waals surface area contributed by atoms with E-state index in [1.807, 2.05) is 0 Å². The van der Waals surface area contributed by atoms with Crippen LogP contribution in [0.4, 0.5) is 10.5 Å². The van der Waals surface area contributed by atoms with E-state index in [4.69, 9.17) is 15.9 Å². The van der Waals surface area contributed by atoms with Gasteiger partial charge in [0.25, 0.3) is 5.91 Å². The SMILES string of the molecule is C#Cc1ccc(C(C(=O)Nc2ccc(OC)cc2)N(C(=O)CNC(=O)OC(C)(C)C)C(C)C)cc1. The van der Waals surface area contributed by atoms with Gasteiger partial charge in [0, 0.05) is 17.3 Å². The quantitative estimate of drug-likeness (QED) is 0.555. The summed E-state index contributed by atoms with van der Waals surface area (Å²) >= 11 is 0. The average molecular weight is 480 g/mol. The van der Waals surface area contributed by atoms with E-state index in [2.05, 4.69) is 16.6 Å². The number of hydrogen-bond acceptors (Lipinski definition) is 5. The maximum absolute atomic E-state index is 13.5. The molecule has 0 fully saturated rings. The van der Waals surface area contributed by atoms with Crippen molar-refractivity contribution in [1.29, 1.82) is 0 Å². The molecule has 0 saturated heterocycles. The summed E-state index contributed by atoms with van der Waals surface area (Å²) in [6, 6.07) is 12.4. The number of amides is 3. The summed E-state index contributed by atoms with van der Waals surface area (Å²) in [5.74, 6) is 2.34. The first kappa shape index (κ1) is 27.3. The molecule has 0 saturated carbocycles. The van der Waals surface area contributed by atoms with Crippen LogP contribution in [0.2, 0.25) is 0 Å². The molecule has 0 aliphatic heterocycles. The third-order valence-electron chi connectivity index (χ3n) is 4.90. The maximum atomic E-state index is 13.5. The molecule has 0 aliphatic carbocycles. The van der Waals surface area contributed by atoms with Crippen LogP contribution in [0.1, 0.15) is 51.8 Å². The second-order valence-electron chi connectivity index (χ2n) is 9.14. The fourth-order valence-electron chi connectivity index (χ4n) is 3.37. The van der Waals surface area contributed by atoms with Gasteiger partial charge in [-0.25, -0.2) is 4.79 Å². The van der Waals surface area contributed by atoms with Crippen molar-refractivity contribution in [3.8, 4) is 18.1 Å². The zero-order valence-corrected chi connectivity index (χ0v) is 21.0. The molecule has 0 spiro atoms. The van der Waals surface area contributed by atoms with Gasteiger partial charge >= 0.3 is 6.09 Å². The third kappa shape index (κ3) is 8.07. The summed E-state index contributed by atoms with van der Waals surface area (Å²) in [5, 5.41) is 5.34. The minimum atomic E-state index is -0.975. The third-order valence-corrected chi connectivity index (χ3v) is 4.90. The van der Waals surface area contributed by atoms with E-state index in [9.17, 15) is 14.4 Å². The Morgan fingerprint density at radius 3 is 2.11 bits per heavy atom. The lowest BCUT2D eigenvalue weighted by molar-refractivity contribution is -0.140. The van der Waals surface area contributed by atoms with Crippen molar-refractivity contribution in [2.24, 2.45) is 0 Å². The smallest absolute Gasteiger partial charge is 0.408 e. The van der Waals surface area contributed by atoms with E-state index in [1.54, 1.807) is 90.3 Å². The van der Waals surface area contributed by atoms with Gasteiger partial charge in [0.15, 0.2) is 0 Å². The minimum absolute atomic E-state index is 0.331.